The number of aromatic nitrogens is 2. The van der Waals surface area contributed by atoms with Crippen LogP contribution in [0.3, 0.4) is 0 Å². The standard InChI is InChI=1S/C23H27N3O3S/c1-5-23(6-2,15-16-11-8-7-9-12-16)21-25-26-22(30-21)24-20(27)19-17(28-3)13-10-14-18(19)29-4/h7-14H,5-6,15H2,1-4H3,(H,24,26,27). The largest absolute Gasteiger partial charge is 0.496 e. The van der Waals surface area contributed by atoms with Crippen LogP contribution in [-0.2, 0) is 11.8 Å². The van der Waals surface area contributed by atoms with Gasteiger partial charge in [0.2, 0.25) is 5.13 Å². The summed E-state index contributed by atoms with van der Waals surface area (Å²) in [6.45, 7) is 4.34. The molecule has 0 unspecified atom stereocenters. The van der Waals surface area contributed by atoms with Gasteiger partial charge in [0.25, 0.3) is 5.91 Å². The van der Waals surface area contributed by atoms with Gasteiger partial charge in [-0.25, -0.2) is 0 Å². The first-order valence-corrected chi connectivity index (χ1v) is 10.8. The average Bonchev–Trinajstić information content (AvgIpc) is 3.26. The molecule has 0 radical (unpaired) electrons. The topological polar surface area (TPSA) is 73.3 Å². The highest BCUT2D eigenvalue weighted by atomic mass is 32.1. The van der Waals surface area contributed by atoms with Crippen LogP contribution in [-0.4, -0.2) is 30.3 Å². The number of ether oxygens (including phenoxy) is 2. The second-order valence-corrected chi connectivity index (χ2v) is 8.03. The van der Waals surface area contributed by atoms with Crippen molar-refractivity contribution in [2.24, 2.45) is 0 Å². The lowest BCUT2D eigenvalue weighted by molar-refractivity contribution is 0.102. The zero-order chi connectivity index (χ0) is 21.6. The van der Waals surface area contributed by atoms with Crippen molar-refractivity contribution in [2.45, 2.75) is 38.5 Å². The number of benzene rings is 2. The summed E-state index contributed by atoms with van der Waals surface area (Å²) in [5.41, 5.74) is 1.48. The maximum Gasteiger partial charge on any atom is 0.265 e. The van der Waals surface area contributed by atoms with Crippen LogP contribution in [0.15, 0.2) is 48.5 Å². The summed E-state index contributed by atoms with van der Waals surface area (Å²) < 4.78 is 10.7. The van der Waals surface area contributed by atoms with E-state index < -0.39 is 0 Å². The maximum absolute atomic E-state index is 12.9. The first-order chi connectivity index (χ1) is 14.6. The third-order valence-electron chi connectivity index (χ3n) is 5.49. The molecule has 3 rings (SSSR count). The van der Waals surface area contributed by atoms with Gasteiger partial charge in [0, 0.05) is 5.41 Å². The van der Waals surface area contributed by atoms with Gasteiger partial charge in [-0.1, -0.05) is 61.6 Å². The van der Waals surface area contributed by atoms with Crippen LogP contribution in [0, 0.1) is 0 Å². The number of carbonyl (C=O) groups is 1. The van der Waals surface area contributed by atoms with Crippen LogP contribution in [0.5, 0.6) is 11.5 Å². The van der Waals surface area contributed by atoms with E-state index in [-0.39, 0.29) is 11.3 Å². The summed E-state index contributed by atoms with van der Waals surface area (Å²) in [7, 11) is 3.05. The molecule has 1 aromatic heterocycles. The Morgan fingerprint density at radius 1 is 0.967 bits per heavy atom. The lowest BCUT2D eigenvalue weighted by Crippen LogP contribution is -2.27. The van der Waals surface area contributed by atoms with Crippen LogP contribution < -0.4 is 14.8 Å². The lowest BCUT2D eigenvalue weighted by atomic mass is 9.77. The number of amides is 1. The van der Waals surface area contributed by atoms with E-state index in [1.807, 2.05) is 6.07 Å². The van der Waals surface area contributed by atoms with Crippen LogP contribution in [0.1, 0.15) is 47.6 Å². The van der Waals surface area contributed by atoms with E-state index in [2.05, 4.69) is 53.6 Å². The summed E-state index contributed by atoms with van der Waals surface area (Å²) in [6.07, 6.45) is 2.74. The van der Waals surface area contributed by atoms with Crippen LogP contribution >= 0.6 is 11.3 Å². The van der Waals surface area contributed by atoms with Crippen LogP contribution in [0.25, 0.3) is 0 Å². The number of hydrogen-bond donors (Lipinski definition) is 1. The fourth-order valence-corrected chi connectivity index (χ4v) is 4.65. The smallest absolute Gasteiger partial charge is 0.265 e. The van der Waals surface area contributed by atoms with Crippen molar-refractivity contribution < 1.29 is 14.3 Å². The number of hydrogen-bond acceptors (Lipinski definition) is 6. The third kappa shape index (κ3) is 4.46. The van der Waals surface area contributed by atoms with Crippen molar-refractivity contribution in [3.63, 3.8) is 0 Å². The van der Waals surface area contributed by atoms with Crippen molar-refractivity contribution in [3.05, 3.63) is 64.7 Å². The van der Waals surface area contributed by atoms with E-state index >= 15 is 0 Å². The summed E-state index contributed by atoms with van der Waals surface area (Å²) in [5, 5.41) is 12.9. The predicted octanol–water partition coefficient (Wildman–Crippen LogP) is 5.11. The van der Waals surface area contributed by atoms with Gasteiger partial charge < -0.3 is 9.47 Å². The molecule has 6 nitrogen and oxygen atoms in total. The number of methoxy groups -OCH3 is 2. The van der Waals surface area contributed by atoms with Gasteiger partial charge in [0.05, 0.1) is 14.2 Å². The fraction of sp³-hybridized carbons (Fsp3) is 0.348. The highest BCUT2D eigenvalue weighted by Crippen LogP contribution is 2.38. The van der Waals surface area contributed by atoms with E-state index in [4.69, 9.17) is 9.47 Å². The van der Waals surface area contributed by atoms with Gasteiger partial charge in [-0.3, -0.25) is 10.1 Å². The molecule has 0 saturated carbocycles. The van der Waals surface area contributed by atoms with Crippen molar-refractivity contribution >= 4 is 22.4 Å². The Morgan fingerprint density at radius 2 is 1.60 bits per heavy atom. The Bertz CT molecular complexity index is 962. The van der Waals surface area contributed by atoms with Crippen LogP contribution in [0.2, 0.25) is 0 Å². The summed E-state index contributed by atoms with van der Waals surface area (Å²) in [6, 6.07) is 15.6. The summed E-state index contributed by atoms with van der Waals surface area (Å²) >= 11 is 1.42. The molecule has 0 fully saturated rings. The van der Waals surface area contributed by atoms with Gasteiger partial charge in [0.15, 0.2) is 0 Å². The second-order valence-electron chi connectivity index (χ2n) is 7.05. The lowest BCUT2D eigenvalue weighted by Gasteiger charge is -2.29. The van der Waals surface area contributed by atoms with E-state index in [0.717, 1.165) is 24.3 Å². The number of anilines is 1. The molecule has 3 aromatic rings. The van der Waals surface area contributed by atoms with Gasteiger partial charge in [-0.15, -0.1) is 10.2 Å². The first kappa shape index (κ1) is 21.8. The maximum atomic E-state index is 12.9. The number of nitrogens with zero attached hydrogens (tertiary/aromatic N) is 2. The van der Waals surface area contributed by atoms with E-state index in [0.29, 0.717) is 22.2 Å². The minimum absolute atomic E-state index is 0.121. The Hall–Kier alpha value is -2.93. The predicted molar refractivity (Wildman–Crippen MR) is 120 cm³/mol. The zero-order valence-corrected chi connectivity index (χ0v) is 18.6. The average molecular weight is 426 g/mol. The third-order valence-corrected chi connectivity index (χ3v) is 6.58. The minimum atomic E-state index is -0.339. The number of rotatable bonds is 9. The van der Waals surface area contributed by atoms with Gasteiger partial charge in [-0.2, -0.15) is 0 Å². The van der Waals surface area contributed by atoms with E-state index in [1.54, 1.807) is 18.2 Å². The van der Waals surface area contributed by atoms with Crippen molar-refractivity contribution in [2.75, 3.05) is 19.5 Å². The van der Waals surface area contributed by atoms with Crippen molar-refractivity contribution in [1.82, 2.24) is 10.2 Å². The molecule has 30 heavy (non-hydrogen) atoms. The normalized spacial score (nSPS) is 11.2. The first-order valence-electron chi connectivity index (χ1n) is 9.97. The molecule has 0 bridgehead atoms. The Kier molecular flexibility index (Phi) is 7.05. The zero-order valence-electron chi connectivity index (χ0n) is 17.8. The molecular formula is C23H27N3O3S. The molecular weight excluding hydrogens is 398 g/mol. The molecule has 0 aliphatic rings. The second kappa shape index (κ2) is 9.71. The Labute approximate surface area is 181 Å². The quantitative estimate of drug-likeness (QED) is 0.516. The Balaban J connectivity index is 1.86. The molecule has 158 valence electrons. The summed E-state index contributed by atoms with van der Waals surface area (Å²) in [5.74, 6) is 0.544. The molecule has 2 aromatic carbocycles. The molecule has 0 aliphatic carbocycles. The minimum Gasteiger partial charge on any atom is -0.496 e. The molecule has 0 spiro atoms. The van der Waals surface area contributed by atoms with Crippen LogP contribution in [0.4, 0.5) is 5.13 Å². The molecule has 0 aliphatic heterocycles. The summed E-state index contributed by atoms with van der Waals surface area (Å²) in [4.78, 5) is 12.9. The number of nitrogens with one attached hydrogen (secondary N) is 1. The molecule has 1 amide bonds. The molecule has 1 heterocycles. The molecule has 1 N–H and O–H groups in total. The highest BCUT2D eigenvalue weighted by molar-refractivity contribution is 7.15. The highest BCUT2D eigenvalue weighted by Gasteiger charge is 2.33. The van der Waals surface area contributed by atoms with Crippen molar-refractivity contribution in [1.29, 1.82) is 0 Å². The SMILES string of the molecule is CCC(CC)(Cc1ccccc1)c1nnc(NC(=O)c2c(OC)cccc2OC)s1. The van der Waals surface area contributed by atoms with Gasteiger partial charge >= 0.3 is 0 Å². The van der Waals surface area contributed by atoms with Crippen molar-refractivity contribution in [3.8, 4) is 11.5 Å². The monoisotopic (exact) mass is 425 g/mol. The van der Waals surface area contributed by atoms with E-state index in [9.17, 15) is 4.79 Å². The Morgan fingerprint density at radius 3 is 2.17 bits per heavy atom. The van der Waals surface area contributed by atoms with Gasteiger partial charge in [0.1, 0.15) is 22.1 Å². The molecule has 0 atom stereocenters. The molecule has 0 saturated heterocycles. The van der Waals surface area contributed by atoms with E-state index in [1.165, 1.54) is 31.1 Å². The number of carbonyl (C=O) groups excluding carboxylic acids is 1. The fourth-order valence-electron chi connectivity index (χ4n) is 3.59. The van der Waals surface area contributed by atoms with Gasteiger partial charge in [-0.05, 0) is 37.0 Å². The molecule has 7 heteroatoms.